The van der Waals surface area contributed by atoms with Crippen LogP contribution in [-0.2, 0) is 11.8 Å². The topological polar surface area (TPSA) is 115 Å². The number of aryl methyl sites for hydroxylation is 2. The van der Waals surface area contributed by atoms with Crippen LogP contribution in [0.5, 0.6) is 0 Å². The first kappa shape index (κ1) is 24.7. The van der Waals surface area contributed by atoms with E-state index in [1.54, 1.807) is 10.9 Å². The number of benzene rings is 1. The Hall–Kier alpha value is -4.01. The van der Waals surface area contributed by atoms with E-state index in [4.69, 9.17) is 4.98 Å². The van der Waals surface area contributed by atoms with E-state index in [2.05, 4.69) is 27.5 Å². The second kappa shape index (κ2) is 10.2. The van der Waals surface area contributed by atoms with Gasteiger partial charge >= 0.3 is 0 Å². The lowest BCUT2D eigenvalue weighted by molar-refractivity contribution is -0.611. The van der Waals surface area contributed by atoms with Crippen LogP contribution in [0.2, 0.25) is 0 Å². The van der Waals surface area contributed by atoms with Crippen LogP contribution >= 0.6 is 0 Å². The fourth-order valence-electron chi connectivity index (χ4n) is 5.45. The van der Waals surface area contributed by atoms with Crippen molar-refractivity contribution >= 4 is 11.6 Å². The Bertz CT molecular complexity index is 1400. The molecule has 1 aliphatic carbocycles. The van der Waals surface area contributed by atoms with Crippen molar-refractivity contribution in [1.82, 2.24) is 25.0 Å². The third-order valence-electron chi connectivity index (χ3n) is 7.65. The molecule has 1 unspecified atom stereocenters. The van der Waals surface area contributed by atoms with Gasteiger partial charge in [0, 0.05) is 31.9 Å². The summed E-state index contributed by atoms with van der Waals surface area (Å²) in [5.41, 5.74) is 5.03. The van der Waals surface area contributed by atoms with E-state index in [1.165, 1.54) is 6.20 Å². The first-order valence-corrected chi connectivity index (χ1v) is 12.8. The summed E-state index contributed by atoms with van der Waals surface area (Å²) in [6.45, 7) is 6.08. The third-order valence-corrected chi connectivity index (χ3v) is 7.65. The van der Waals surface area contributed by atoms with Gasteiger partial charge in [-0.25, -0.2) is 4.98 Å². The Labute approximate surface area is 216 Å². The minimum absolute atomic E-state index is 0.0931. The predicted octanol–water partition coefficient (Wildman–Crippen LogP) is 4.67. The molecule has 2 N–H and O–H groups in total. The Balaban J connectivity index is 1.40. The summed E-state index contributed by atoms with van der Waals surface area (Å²) in [4.78, 5) is 18.4. The molecule has 0 spiro atoms. The summed E-state index contributed by atoms with van der Waals surface area (Å²) < 4.78 is 2.60. The standard InChI is InChI=1S/C28H33N7O2/c1-17-5-7-21(8-6-17)25(27-31-26(32-33-27)23-13-15-29-34(23)4)28(36)30-22-11-9-20(10-12-22)24-18(2)14-16-35(37)19(24)3/h9-17,21,25H,5-8H2,1-4H3,(H,30,36)(H,31,32,33). The molecule has 1 aromatic carbocycles. The fraction of sp³-hybridized carbons (Fsp3) is 0.393. The number of hydrogen-bond donors (Lipinski definition) is 2. The molecule has 37 heavy (non-hydrogen) atoms. The van der Waals surface area contributed by atoms with E-state index < -0.39 is 5.92 Å². The maximum atomic E-state index is 13.7. The lowest BCUT2D eigenvalue weighted by Crippen LogP contribution is -2.31. The number of aromatic amines is 1. The van der Waals surface area contributed by atoms with Gasteiger partial charge in [0.1, 0.15) is 17.4 Å². The lowest BCUT2D eigenvalue weighted by Gasteiger charge is -2.30. The molecular weight excluding hydrogens is 466 g/mol. The Morgan fingerprint density at radius 3 is 2.54 bits per heavy atom. The molecule has 192 valence electrons. The zero-order valence-electron chi connectivity index (χ0n) is 21.7. The van der Waals surface area contributed by atoms with E-state index in [0.29, 0.717) is 28.9 Å². The minimum atomic E-state index is -0.431. The van der Waals surface area contributed by atoms with Crippen LogP contribution in [0.4, 0.5) is 5.69 Å². The van der Waals surface area contributed by atoms with Gasteiger partial charge in [0.2, 0.25) is 5.91 Å². The normalized spacial score (nSPS) is 18.5. The highest BCUT2D eigenvalue weighted by atomic mass is 16.5. The number of amides is 1. The van der Waals surface area contributed by atoms with Crippen molar-refractivity contribution in [1.29, 1.82) is 0 Å². The lowest BCUT2D eigenvalue weighted by atomic mass is 9.75. The van der Waals surface area contributed by atoms with Crippen molar-refractivity contribution in [3.05, 3.63) is 71.1 Å². The zero-order valence-corrected chi connectivity index (χ0v) is 21.7. The molecule has 9 nitrogen and oxygen atoms in total. The number of anilines is 1. The first-order valence-electron chi connectivity index (χ1n) is 12.8. The van der Waals surface area contributed by atoms with Crippen LogP contribution in [0, 0.1) is 30.9 Å². The maximum absolute atomic E-state index is 13.7. The predicted molar refractivity (Wildman–Crippen MR) is 141 cm³/mol. The van der Waals surface area contributed by atoms with Crippen molar-refractivity contribution in [3.8, 4) is 22.6 Å². The van der Waals surface area contributed by atoms with Gasteiger partial charge in [-0.15, -0.1) is 0 Å². The van der Waals surface area contributed by atoms with Gasteiger partial charge in [-0.1, -0.05) is 31.9 Å². The number of carbonyl (C=O) groups excluding carboxylic acids is 1. The molecule has 0 saturated heterocycles. The van der Waals surface area contributed by atoms with Crippen LogP contribution in [0.3, 0.4) is 0 Å². The summed E-state index contributed by atoms with van der Waals surface area (Å²) in [6, 6.07) is 11.3. The molecule has 0 radical (unpaired) electrons. The first-order chi connectivity index (χ1) is 17.8. The Morgan fingerprint density at radius 1 is 1.14 bits per heavy atom. The number of pyridine rings is 1. The maximum Gasteiger partial charge on any atom is 0.235 e. The van der Waals surface area contributed by atoms with Crippen molar-refractivity contribution in [2.24, 2.45) is 18.9 Å². The smallest absolute Gasteiger partial charge is 0.235 e. The summed E-state index contributed by atoms with van der Waals surface area (Å²) in [7, 11) is 1.84. The van der Waals surface area contributed by atoms with Crippen LogP contribution in [0.1, 0.15) is 55.6 Å². The summed E-state index contributed by atoms with van der Waals surface area (Å²) in [5, 5.41) is 26.9. The van der Waals surface area contributed by atoms with Crippen molar-refractivity contribution in [3.63, 3.8) is 0 Å². The van der Waals surface area contributed by atoms with Crippen molar-refractivity contribution in [2.75, 3.05) is 5.32 Å². The largest absolute Gasteiger partial charge is 0.618 e. The van der Waals surface area contributed by atoms with Gasteiger partial charge in [0.05, 0.1) is 5.56 Å². The number of H-pyrrole nitrogens is 1. The van der Waals surface area contributed by atoms with Gasteiger partial charge in [-0.2, -0.15) is 14.9 Å². The van der Waals surface area contributed by atoms with E-state index in [9.17, 15) is 10.0 Å². The second-order valence-corrected chi connectivity index (χ2v) is 10.2. The summed E-state index contributed by atoms with van der Waals surface area (Å²) in [5.74, 6) is 1.45. The van der Waals surface area contributed by atoms with Gasteiger partial charge < -0.3 is 10.5 Å². The molecule has 1 amide bonds. The SMILES string of the molecule is Cc1cc[n+]([O-])c(C)c1-c1ccc(NC(=O)C(c2nc(-c3ccnn3C)n[nH]2)C2CCC(C)CC2)cc1. The van der Waals surface area contributed by atoms with E-state index >= 15 is 0 Å². The molecule has 0 aliphatic heterocycles. The monoisotopic (exact) mass is 499 g/mol. The molecule has 4 aromatic rings. The van der Waals surface area contributed by atoms with Crippen LogP contribution in [-0.4, -0.2) is 30.9 Å². The van der Waals surface area contributed by atoms with E-state index in [-0.39, 0.29) is 11.8 Å². The van der Waals surface area contributed by atoms with Crippen LogP contribution in [0.25, 0.3) is 22.6 Å². The Kier molecular flexibility index (Phi) is 6.78. The number of nitrogens with one attached hydrogen (secondary N) is 2. The molecule has 1 saturated carbocycles. The van der Waals surface area contributed by atoms with E-state index in [1.807, 2.05) is 57.3 Å². The summed E-state index contributed by atoms with van der Waals surface area (Å²) in [6.07, 6.45) is 7.38. The molecule has 1 fully saturated rings. The molecule has 9 heteroatoms. The molecule has 3 heterocycles. The molecule has 1 aliphatic rings. The number of carbonyl (C=O) groups is 1. The molecule has 1 atom stereocenters. The molecule has 5 rings (SSSR count). The van der Waals surface area contributed by atoms with Gasteiger partial charge in [0.15, 0.2) is 17.7 Å². The third kappa shape index (κ3) is 4.98. The second-order valence-electron chi connectivity index (χ2n) is 10.2. The molecule has 3 aromatic heterocycles. The average molecular weight is 500 g/mol. The molecule has 0 bridgehead atoms. The Morgan fingerprint density at radius 2 is 1.86 bits per heavy atom. The van der Waals surface area contributed by atoms with Crippen molar-refractivity contribution in [2.45, 2.75) is 52.4 Å². The number of nitrogens with zero attached hydrogens (tertiary/aromatic N) is 5. The highest BCUT2D eigenvalue weighted by molar-refractivity contribution is 5.96. The van der Waals surface area contributed by atoms with Crippen molar-refractivity contribution < 1.29 is 9.52 Å². The number of aromatic nitrogens is 6. The minimum Gasteiger partial charge on any atom is -0.618 e. The highest BCUT2D eigenvalue weighted by Crippen LogP contribution is 2.38. The van der Waals surface area contributed by atoms with E-state index in [0.717, 1.165) is 52.8 Å². The highest BCUT2D eigenvalue weighted by Gasteiger charge is 2.35. The van der Waals surface area contributed by atoms with Crippen LogP contribution < -0.4 is 10.0 Å². The van der Waals surface area contributed by atoms with Gasteiger partial charge in [-0.3, -0.25) is 14.6 Å². The average Bonchev–Trinajstić information content (AvgIpc) is 3.53. The van der Waals surface area contributed by atoms with Gasteiger partial charge in [-0.05, 0) is 60.9 Å². The molecular formula is C28H33N7O2. The number of hydrogen-bond acceptors (Lipinski definition) is 5. The fourth-order valence-corrected chi connectivity index (χ4v) is 5.45. The van der Waals surface area contributed by atoms with Crippen LogP contribution in [0.15, 0.2) is 48.8 Å². The van der Waals surface area contributed by atoms with Gasteiger partial charge in [0.25, 0.3) is 0 Å². The summed E-state index contributed by atoms with van der Waals surface area (Å²) >= 11 is 0. The quantitative estimate of drug-likeness (QED) is 0.295. The zero-order chi connectivity index (χ0) is 26.1. The number of rotatable bonds is 6.